The molecule has 1 fully saturated rings. The third-order valence-electron chi connectivity index (χ3n) is 5.20. The fourth-order valence-electron chi connectivity index (χ4n) is 3.53. The molecule has 5 nitrogen and oxygen atoms in total. The number of carbonyl (C=O) groups excluding carboxylic acids is 1. The summed E-state index contributed by atoms with van der Waals surface area (Å²) in [6.07, 6.45) is -3.47. The number of rotatable bonds is 6. The lowest BCUT2D eigenvalue weighted by molar-refractivity contribution is -0.137. The second-order valence-corrected chi connectivity index (χ2v) is 10.4. The lowest BCUT2D eigenvalue weighted by Crippen LogP contribution is -2.45. The van der Waals surface area contributed by atoms with Gasteiger partial charge in [0, 0.05) is 19.6 Å². The summed E-state index contributed by atoms with van der Waals surface area (Å²) >= 11 is 11.8. The lowest BCUT2D eigenvalue weighted by Gasteiger charge is -2.31. The number of benzene rings is 2. The molecule has 0 spiro atoms. The van der Waals surface area contributed by atoms with E-state index in [1.54, 1.807) is 6.07 Å². The van der Waals surface area contributed by atoms with Crippen LogP contribution in [0.2, 0.25) is 10.0 Å². The molecule has 1 amide bonds. The zero-order valence-corrected chi connectivity index (χ0v) is 19.2. The zero-order valence-electron chi connectivity index (χ0n) is 16.8. The molecule has 0 aliphatic carbocycles. The molecule has 1 heterocycles. The fourth-order valence-corrected chi connectivity index (χ4v) is 5.45. The average molecular weight is 509 g/mol. The molecule has 2 aromatic carbocycles. The van der Waals surface area contributed by atoms with Crippen molar-refractivity contribution in [2.45, 2.75) is 31.3 Å². The van der Waals surface area contributed by atoms with Crippen LogP contribution in [0.4, 0.5) is 13.2 Å². The van der Waals surface area contributed by atoms with Crippen LogP contribution in [0.3, 0.4) is 0 Å². The van der Waals surface area contributed by atoms with E-state index in [1.165, 1.54) is 28.6 Å². The van der Waals surface area contributed by atoms with Gasteiger partial charge in [-0.15, -0.1) is 0 Å². The number of hydrogen-bond acceptors (Lipinski definition) is 3. The van der Waals surface area contributed by atoms with Crippen molar-refractivity contribution in [2.75, 3.05) is 13.1 Å². The second-order valence-electron chi connectivity index (χ2n) is 7.62. The van der Waals surface area contributed by atoms with Gasteiger partial charge in [0.25, 0.3) is 0 Å². The Morgan fingerprint density at radius 1 is 1.09 bits per heavy atom. The van der Waals surface area contributed by atoms with Gasteiger partial charge in [0.15, 0.2) is 0 Å². The van der Waals surface area contributed by atoms with Crippen molar-refractivity contribution in [2.24, 2.45) is 5.92 Å². The average Bonchev–Trinajstić information content (AvgIpc) is 2.74. The second kappa shape index (κ2) is 9.99. The number of nitrogens with one attached hydrogen (secondary N) is 1. The third-order valence-corrected chi connectivity index (χ3v) is 7.76. The highest BCUT2D eigenvalue weighted by atomic mass is 35.5. The monoisotopic (exact) mass is 508 g/mol. The Kier molecular flexibility index (Phi) is 7.75. The molecule has 1 saturated heterocycles. The van der Waals surface area contributed by atoms with E-state index in [1.807, 2.05) is 0 Å². The van der Waals surface area contributed by atoms with Crippen LogP contribution >= 0.6 is 23.2 Å². The number of halogens is 5. The summed E-state index contributed by atoms with van der Waals surface area (Å²) in [5.74, 6) is -1.25. The Bertz CT molecular complexity index is 1090. The van der Waals surface area contributed by atoms with Crippen molar-refractivity contribution in [1.82, 2.24) is 9.62 Å². The van der Waals surface area contributed by atoms with E-state index in [9.17, 15) is 26.4 Å². The molecular weight excluding hydrogens is 488 g/mol. The maximum atomic E-state index is 12.8. The van der Waals surface area contributed by atoms with Crippen LogP contribution in [0.5, 0.6) is 0 Å². The van der Waals surface area contributed by atoms with Gasteiger partial charge in [-0.3, -0.25) is 4.79 Å². The molecule has 11 heteroatoms. The van der Waals surface area contributed by atoms with Gasteiger partial charge in [0.1, 0.15) is 0 Å². The number of carbonyl (C=O) groups is 1. The molecule has 1 N–H and O–H groups in total. The maximum absolute atomic E-state index is 12.8. The van der Waals surface area contributed by atoms with Crippen LogP contribution in [0.1, 0.15) is 29.5 Å². The molecule has 174 valence electrons. The highest BCUT2D eigenvalue weighted by Crippen LogP contribution is 2.30. The summed E-state index contributed by atoms with van der Waals surface area (Å²) in [5, 5.41) is 3.20. The number of sulfonamides is 1. The standard InChI is InChI=1S/C21H21Cl2F3N2O3S/c22-18-7-6-15(10-19(18)23)13-32(30,31)28-8-2-4-16(12-28)20(29)27-11-14-3-1-5-17(9-14)21(24,25)26/h1,3,5-7,9-10,16H,2,4,8,11-13H2,(H,27,29). The molecule has 0 bridgehead atoms. The first-order valence-electron chi connectivity index (χ1n) is 9.81. The van der Waals surface area contributed by atoms with Gasteiger partial charge < -0.3 is 5.32 Å². The van der Waals surface area contributed by atoms with Gasteiger partial charge in [0.2, 0.25) is 15.9 Å². The smallest absolute Gasteiger partial charge is 0.352 e. The fraction of sp³-hybridized carbons (Fsp3) is 0.381. The molecule has 0 radical (unpaired) electrons. The minimum Gasteiger partial charge on any atom is -0.352 e. The number of alkyl halides is 3. The Balaban J connectivity index is 1.61. The van der Waals surface area contributed by atoms with Crippen molar-refractivity contribution in [3.63, 3.8) is 0 Å². The van der Waals surface area contributed by atoms with Crippen molar-refractivity contribution >= 4 is 39.1 Å². The largest absolute Gasteiger partial charge is 0.416 e. The molecular formula is C21H21Cl2F3N2O3S. The van der Waals surface area contributed by atoms with Gasteiger partial charge in [-0.05, 0) is 48.2 Å². The maximum Gasteiger partial charge on any atom is 0.416 e. The van der Waals surface area contributed by atoms with E-state index in [4.69, 9.17) is 23.2 Å². The highest BCUT2D eigenvalue weighted by molar-refractivity contribution is 7.88. The van der Waals surface area contributed by atoms with Crippen LogP contribution in [-0.2, 0) is 33.3 Å². The van der Waals surface area contributed by atoms with Crippen LogP contribution in [0, 0.1) is 5.92 Å². The summed E-state index contributed by atoms with van der Waals surface area (Å²) in [6, 6.07) is 9.31. The molecule has 1 atom stereocenters. The van der Waals surface area contributed by atoms with Crippen LogP contribution in [-0.4, -0.2) is 31.7 Å². The molecule has 0 aromatic heterocycles. The van der Waals surface area contributed by atoms with E-state index >= 15 is 0 Å². The Labute approximate surface area is 194 Å². The van der Waals surface area contributed by atoms with E-state index < -0.39 is 33.6 Å². The van der Waals surface area contributed by atoms with E-state index in [-0.39, 0.29) is 23.9 Å². The summed E-state index contributed by atoms with van der Waals surface area (Å²) < 4.78 is 65.5. The van der Waals surface area contributed by atoms with Crippen LogP contribution in [0.25, 0.3) is 0 Å². The number of nitrogens with zero attached hydrogens (tertiary/aromatic N) is 1. The van der Waals surface area contributed by atoms with Crippen molar-refractivity contribution in [3.05, 3.63) is 69.2 Å². The van der Waals surface area contributed by atoms with Crippen LogP contribution < -0.4 is 5.32 Å². The minimum atomic E-state index is -4.47. The summed E-state index contributed by atoms with van der Waals surface area (Å²) in [7, 11) is -3.69. The molecule has 3 rings (SSSR count). The molecule has 32 heavy (non-hydrogen) atoms. The minimum absolute atomic E-state index is 0.0120. The topological polar surface area (TPSA) is 66.5 Å². The predicted molar refractivity (Wildman–Crippen MR) is 117 cm³/mol. The molecule has 2 aromatic rings. The summed E-state index contributed by atoms with van der Waals surface area (Å²) in [6.45, 7) is 0.231. The number of amides is 1. The quantitative estimate of drug-likeness (QED) is 0.605. The van der Waals surface area contributed by atoms with Crippen molar-refractivity contribution < 1.29 is 26.4 Å². The Hall–Kier alpha value is -1.81. The first-order valence-corrected chi connectivity index (χ1v) is 12.2. The SMILES string of the molecule is O=C(NCc1cccc(C(F)(F)F)c1)C1CCCN(S(=O)(=O)Cc2ccc(Cl)c(Cl)c2)C1. The summed E-state index contributed by atoms with van der Waals surface area (Å²) in [5.41, 5.74) is 0.00471. The molecule has 1 aliphatic rings. The van der Waals surface area contributed by atoms with Gasteiger partial charge in [-0.25, -0.2) is 12.7 Å². The third kappa shape index (κ3) is 6.37. The van der Waals surface area contributed by atoms with Gasteiger partial charge in [-0.2, -0.15) is 13.2 Å². The normalized spacial score (nSPS) is 17.8. The first-order chi connectivity index (χ1) is 15.0. The van der Waals surface area contributed by atoms with Crippen molar-refractivity contribution in [1.29, 1.82) is 0 Å². The number of piperidine rings is 1. The Morgan fingerprint density at radius 3 is 2.53 bits per heavy atom. The molecule has 0 saturated carbocycles. The lowest BCUT2D eigenvalue weighted by atomic mass is 9.98. The van der Waals surface area contributed by atoms with Crippen molar-refractivity contribution in [3.8, 4) is 0 Å². The zero-order chi connectivity index (χ0) is 23.5. The predicted octanol–water partition coefficient (Wildman–Crippen LogP) is 4.87. The summed E-state index contributed by atoms with van der Waals surface area (Å²) in [4.78, 5) is 12.6. The van der Waals surface area contributed by atoms with E-state index in [0.29, 0.717) is 35.5 Å². The van der Waals surface area contributed by atoms with E-state index in [0.717, 1.165) is 12.1 Å². The van der Waals surface area contributed by atoms with Gasteiger partial charge in [0.05, 0.1) is 27.3 Å². The van der Waals surface area contributed by atoms with Gasteiger partial charge >= 0.3 is 6.18 Å². The molecule has 1 aliphatic heterocycles. The number of hydrogen-bond donors (Lipinski definition) is 1. The Morgan fingerprint density at radius 2 is 1.84 bits per heavy atom. The molecule has 1 unspecified atom stereocenters. The van der Waals surface area contributed by atoms with E-state index in [2.05, 4.69) is 5.32 Å². The van der Waals surface area contributed by atoms with Crippen LogP contribution in [0.15, 0.2) is 42.5 Å². The highest BCUT2D eigenvalue weighted by Gasteiger charge is 2.33. The van der Waals surface area contributed by atoms with Gasteiger partial charge in [-0.1, -0.05) is 41.4 Å². The first kappa shape index (κ1) is 24.8.